The Balaban J connectivity index is 2.05. The predicted octanol–water partition coefficient (Wildman–Crippen LogP) is 2.37. The third-order valence-electron chi connectivity index (χ3n) is 3.79. The van der Waals surface area contributed by atoms with Gasteiger partial charge >= 0.3 is 0 Å². The molecule has 0 radical (unpaired) electrons. The monoisotopic (exact) mass is 303 g/mol. The molecule has 0 saturated carbocycles. The van der Waals surface area contributed by atoms with E-state index in [4.69, 9.17) is 4.52 Å². The lowest BCUT2D eigenvalue weighted by Gasteiger charge is -2.12. The molecule has 6 nitrogen and oxygen atoms in total. The molecule has 1 N–H and O–H groups in total. The van der Waals surface area contributed by atoms with Gasteiger partial charge in [0.05, 0.1) is 5.69 Å². The highest BCUT2D eigenvalue weighted by Gasteiger charge is 2.19. The quantitative estimate of drug-likeness (QED) is 0.860. The Morgan fingerprint density at radius 1 is 1.41 bits per heavy atom. The van der Waals surface area contributed by atoms with Gasteiger partial charge < -0.3 is 14.4 Å². The number of carbonyl (C=O) groups is 2. The fourth-order valence-corrected chi connectivity index (χ4v) is 2.61. The number of nitrogens with zero attached hydrogens (tertiary/aromatic N) is 2. The Morgan fingerprint density at radius 2 is 2.09 bits per heavy atom. The smallest absolute Gasteiger partial charge is 0.267 e. The summed E-state index contributed by atoms with van der Waals surface area (Å²) in [5, 5.41) is 6.82. The molecule has 0 bridgehead atoms. The van der Waals surface area contributed by atoms with E-state index in [0.717, 1.165) is 17.0 Å². The average Bonchev–Trinajstić information content (AvgIpc) is 2.99. The SMILES string of the molecule is CC(=O)c1cc(C(=O)NC[C@H](C)c2c(C)noc2C)n(C)c1. The topological polar surface area (TPSA) is 77.1 Å². The highest BCUT2D eigenvalue weighted by molar-refractivity contribution is 5.99. The second-order valence-corrected chi connectivity index (χ2v) is 5.63. The number of Topliss-reactive ketones (excluding diaryl/α,β-unsaturated/α-hetero) is 1. The molecule has 0 aliphatic heterocycles. The van der Waals surface area contributed by atoms with Crippen LogP contribution in [0, 0.1) is 13.8 Å². The molecule has 1 amide bonds. The molecular formula is C16H21N3O3. The first-order valence-corrected chi connectivity index (χ1v) is 7.19. The van der Waals surface area contributed by atoms with Crippen molar-refractivity contribution in [3.8, 4) is 0 Å². The normalized spacial score (nSPS) is 12.2. The van der Waals surface area contributed by atoms with Crippen molar-refractivity contribution >= 4 is 11.7 Å². The van der Waals surface area contributed by atoms with Crippen molar-refractivity contribution < 1.29 is 14.1 Å². The summed E-state index contributed by atoms with van der Waals surface area (Å²) in [6, 6.07) is 1.61. The van der Waals surface area contributed by atoms with Crippen molar-refractivity contribution in [3.05, 3.63) is 40.5 Å². The number of carbonyl (C=O) groups excluding carboxylic acids is 2. The molecule has 0 spiro atoms. The number of amides is 1. The Hall–Kier alpha value is -2.37. The van der Waals surface area contributed by atoms with Crippen LogP contribution in [0.2, 0.25) is 0 Å². The second kappa shape index (κ2) is 6.17. The van der Waals surface area contributed by atoms with Crippen LogP contribution in [-0.4, -0.2) is 28.0 Å². The third kappa shape index (κ3) is 3.10. The zero-order valence-corrected chi connectivity index (χ0v) is 13.6. The maximum Gasteiger partial charge on any atom is 0.267 e. The molecule has 0 aromatic carbocycles. The molecule has 2 heterocycles. The van der Waals surface area contributed by atoms with E-state index in [2.05, 4.69) is 10.5 Å². The zero-order valence-electron chi connectivity index (χ0n) is 13.6. The fourth-order valence-electron chi connectivity index (χ4n) is 2.61. The summed E-state index contributed by atoms with van der Waals surface area (Å²) in [6.07, 6.45) is 1.66. The van der Waals surface area contributed by atoms with Crippen LogP contribution in [0.15, 0.2) is 16.8 Å². The minimum absolute atomic E-state index is 0.0567. The Kier molecular flexibility index (Phi) is 4.49. The van der Waals surface area contributed by atoms with Gasteiger partial charge in [0.2, 0.25) is 0 Å². The molecule has 2 aromatic rings. The lowest BCUT2D eigenvalue weighted by Crippen LogP contribution is -2.29. The molecule has 0 aliphatic rings. The average molecular weight is 303 g/mol. The van der Waals surface area contributed by atoms with E-state index in [9.17, 15) is 9.59 Å². The van der Waals surface area contributed by atoms with Crippen molar-refractivity contribution in [1.29, 1.82) is 0 Å². The predicted molar refractivity (Wildman–Crippen MR) is 82.1 cm³/mol. The summed E-state index contributed by atoms with van der Waals surface area (Å²) < 4.78 is 6.81. The van der Waals surface area contributed by atoms with Crippen molar-refractivity contribution in [2.45, 2.75) is 33.6 Å². The number of hydrogen-bond acceptors (Lipinski definition) is 4. The fraction of sp³-hybridized carbons (Fsp3) is 0.438. The van der Waals surface area contributed by atoms with Gasteiger partial charge in [-0.1, -0.05) is 12.1 Å². The van der Waals surface area contributed by atoms with E-state index >= 15 is 0 Å². The minimum Gasteiger partial charge on any atom is -0.361 e. The van der Waals surface area contributed by atoms with Gasteiger partial charge in [-0.15, -0.1) is 0 Å². The van der Waals surface area contributed by atoms with E-state index in [1.807, 2.05) is 20.8 Å². The maximum absolute atomic E-state index is 12.3. The molecule has 2 aromatic heterocycles. The highest BCUT2D eigenvalue weighted by Crippen LogP contribution is 2.22. The summed E-state index contributed by atoms with van der Waals surface area (Å²) in [5.41, 5.74) is 2.87. The number of nitrogens with one attached hydrogen (secondary N) is 1. The second-order valence-electron chi connectivity index (χ2n) is 5.63. The first-order chi connectivity index (χ1) is 10.3. The van der Waals surface area contributed by atoms with Gasteiger partial charge in [-0.05, 0) is 26.8 Å². The van der Waals surface area contributed by atoms with E-state index in [0.29, 0.717) is 17.8 Å². The van der Waals surface area contributed by atoms with Crippen molar-refractivity contribution in [2.75, 3.05) is 6.54 Å². The van der Waals surface area contributed by atoms with Crippen LogP contribution in [0.1, 0.15) is 57.6 Å². The van der Waals surface area contributed by atoms with Crippen molar-refractivity contribution in [1.82, 2.24) is 15.0 Å². The van der Waals surface area contributed by atoms with Gasteiger partial charge in [-0.25, -0.2) is 0 Å². The lowest BCUT2D eigenvalue weighted by molar-refractivity contribution is 0.0943. The first-order valence-electron chi connectivity index (χ1n) is 7.19. The molecule has 0 aliphatic carbocycles. The Labute approximate surface area is 129 Å². The molecule has 6 heteroatoms. The van der Waals surface area contributed by atoms with E-state index in [-0.39, 0.29) is 17.6 Å². The van der Waals surface area contributed by atoms with Crippen LogP contribution in [0.25, 0.3) is 0 Å². The summed E-state index contributed by atoms with van der Waals surface area (Å²) in [4.78, 5) is 23.6. The van der Waals surface area contributed by atoms with Crippen LogP contribution in [0.5, 0.6) is 0 Å². The zero-order chi connectivity index (χ0) is 16.4. The minimum atomic E-state index is -0.200. The number of ketones is 1. The van der Waals surface area contributed by atoms with Gasteiger partial charge in [0.25, 0.3) is 5.91 Å². The summed E-state index contributed by atoms with van der Waals surface area (Å²) in [6.45, 7) is 7.72. The summed E-state index contributed by atoms with van der Waals surface area (Å²) in [7, 11) is 1.75. The number of rotatable bonds is 5. The number of hydrogen-bond donors (Lipinski definition) is 1. The highest BCUT2D eigenvalue weighted by atomic mass is 16.5. The van der Waals surface area contributed by atoms with Gasteiger partial charge in [0.15, 0.2) is 5.78 Å². The molecule has 0 saturated heterocycles. The van der Waals surface area contributed by atoms with Gasteiger partial charge in [-0.3, -0.25) is 9.59 Å². The van der Waals surface area contributed by atoms with Crippen molar-refractivity contribution in [2.24, 2.45) is 7.05 Å². The largest absolute Gasteiger partial charge is 0.361 e. The summed E-state index contributed by atoms with van der Waals surface area (Å²) in [5.74, 6) is 0.618. The molecule has 0 unspecified atom stereocenters. The van der Waals surface area contributed by atoms with E-state index in [1.165, 1.54) is 6.92 Å². The lowest BCUT2D eigenvalue weighted by atomic mass is 9.99. The molecule has 2 rings (SSSR count). The third-order valence-corrected chi connectivity index (χ3v) is 3.79. The first kappa shape index (κ1) is 16.0. The Bertz CT molecular complexity index is 693. The van der Waals surface area contributed by atoms with Crippen LogP contribution < -0.4 is 5.32 Å². The standard InChI is InChI=1S/C16H21N3O3/c1-9(15-10(2)18-22-12(15)4)7-17-16(21)14-6-13(11(3)20)8-19(14)5/h6,8-9H,7H2,1-5H3,(H,17,21)/t9-/m0/s1. The van der Waals surface area contributed by atoms with Gasteiger partial charge in [0, 0.05) is 36.8 Å². The van der Waals surface area contributed by atoms with Crippen LogP contribution in [-0.2, 0) is 7.05 Å². The molecular weight excluding hydrogens is 282 g/mol. The van der Waals surface area contributed by atoms with Gasteiger partial charge in [-0.2, -0.15) is 0 Å². The van der Waals surface area contributed by atoms with Crippen LogP contribution in [0.4, 0.5) is 0 Å². The van der Waals surface area contributed by atoms with Crippen LogP contribution in [0.3, 0.4) is 0 Å². The maximum atomic E-state index is 12.3. The summed E-state index contributed by atoms with van der Waals surface area (Å²) >= 11 is 0. The Morgan fingerprint density at radius 3 is 2.59 bits per heavy atom. The van der Waals surface area contributed by atoms with E-state index < -0.39 is 0 Å². The van der Waals surface area contributed by atoms with E-state index in [1.54, 1.807) is 23.9 Å². The number of aromatic nitrogens is 2. The molecule has 118 valence electrons. The van der Waals surface area contributed by atoms with Gasteiger partial charge in [0.1, 0.15) is 11.5 Å². The molecule has 1 atom stereocenters. The molecule has 0 fully saturated rings. The van der Waals surface area contributed by atoms with Crippen molar-refractivity contribution in [3.63, 3.8) is 0 Å². The number of aryl methyl sites for hydroxylation is 3. The molecule has 22 heavy (non-hydrogen) atoms. The van der Waals surface area contributed by atoms with Crippen LogP contribution >= 0.6 is 0 Å².